The van der Waals surface area contributed by atoms with Gasteiger partial charge in [-0.3, -0.25) is 0 Å². The van der Waals surface area contributed by atoms with Crippen LogP contribution in [0.1, 0.15) is 41.5 Å². The van der Waals surface area contributed by atoms with Crippen LogP contribution in [0.3, 0.4) is 0 Å². The van der Waals surface area contributed by atoms with Gasteiger partial charge in [0.15, 0.2) is 5.65 Å². The molecular weight excluding hydrogens is 326 g/mol. The molecular formula is C19H25N7. The van der Waals surface area contributed by atoms with Gasteiger partial charge in [0.05, 0.1) is 16.6 Å². The third-order valence-corrected chi connectivity index (χ3v) is 3.83. The molecule has 7 nitrogen and oxygen atoms in total. The van der Waals surface area contributed by atoms with Crippen LogP contribution in [0.4, 0.5) is 0 Å². The van der Waals surface area contributed by atoms with Crippen molar-refractivity contribution in [3.63, 3.8) is 0 Å². The molecule has 26 heavy (non-hydrogen) atoms. The SMILES string of the molecule is CC(C)(C)n1nnc2ccccc21.CC(C)(C)n1nnc2cccnc21. The van der Waals surface area contributed by atoms with Crippen LogP contribution < -0.4 is 0 Å². The van der Waals surface area contributed by atoms with Gasteiger partial charge in [-0.1, -0.05) is 22.6 Å². The Bertz CT molecular complexity index is 931. The van der Waals surface area contributed by atoms with Crippen LogP contribution in [0.25, 0.3) is 22.2 Å². The molecule has 3 heterocycles. The number of para-hydroxylation sites is 1. The molecule has 0 fully saturated rings. The van der Waals surface area contributed by atoms with E-state index in [4.69, 9.17) is 0 Å². The molecule has 0 aliphatic heterocycles. The first-order valence-electron chi connectivity index (χ1n) is 8.66. The third kappa shape index (κ3) is 3.56. The molecule has 0 aliphatic carbocycles. The standard InChI is InChI=1S/C10H13N3.C9H12N4/c1-10(2,3)13-9-7-5-4-6-8(9)11-12-13;1-9(2,3)13-8-7(11-12-13)5-4-6-10-8/h4-7H,1-3H3;4-6H,1-3H3. The second-order valence-corrected chi connectivity index (χ2v) is 8.18. The predicted octanol–water partition coefficient (Wildman–Crippen LogP) is 3.77. The fourth-order valence-electron chi connectivity index (χ4n) is 2.58. The lowest BCUT2D eigenvalue weighted by Gasteiger charge is -2.18. The molecule has 4 rings (SSSR count). The quantitative estimate of drug-likeness (QED) is 0.482. The Morgan fingerprint density at radius 1 is 0.692 bits per heavy atom. The fourth-order valence-corrected chi connectivity index (χ4v) is 2.58. The van der Waals surface area contributed by atoms with E-state index in [0.717, 1.165) is 22.2 Å². The lowest BCUT2D eigenvalue weighted by molar-refractivity contribution is 0.356. The maximum atomic E-state index is 4.25. The molecule has 1 aromatic carbocycles. The largest absolute Gasteiger partial charge is 0.239 e. The van der Waals surface area contributed by atoms with Gasteiger partial charge in [0.25, 0.3) is 0 Å². The minimum Gasteiger partial charge on any atom is -0.239 e. The van der Waals surface area contributed by atoms with Crippen molar-refractivity contribution in [2.24, 2.45) is 0 Å². The number of aromatic nitrogens is 7. The highest BCUT2D eigenvalue weighted by Crippen LogP contribution is 2.19. The Labute approximate surface area is 153 Å². The molecule has 0 saturated carbocycles. The summed E-state index contributed by atoms with van der Waals surface area (Å²) in [6, 6.07) is 11.8. The summed E-state index contributed by atoms with van der Waals surface area (Å²) in [7, 11) is 0. The fraction of sp³-hybridized carbons (Fsp3) is 0.421. The minimum atomic E-state index is -0.0664. The molecule has 0 N–H and O–H groups in total. The first-order chi connectivity index (χ1) is 12.2. The van der Waals surface area contributed by atoms with Crippen molar-refractivity contribution >= 4 is 22.2 Å². The van der Waals surface area contributed by atoms with E-state index in [9.17, 15) is 0 Å². The van der Waals surface area contributed by atoms with E-state index in [1.807, 2.05) is 45.8 Å². The van der Waals surface area contributed by atoms with Gasteiger partial charge in [0.2, 0.25) is 0 Å². The van der Waals surface area contributed by atoms with Crippen LogP contribution in [0.5, 0.6) is 0 Å². The van der Waals surface area contributed by atoms with Crippen LogP contribution in [0.15, 0.2) is 42.6 Å². The molecule has 0 spiro atoms. The number of benzene rings is 1. The summed E-state index contributed by atoms with van der Waals surface area (Å²) in [5.41, 5.74) is 3.67. The molecule has 0 saturated heterocycles. The Morgan fingerprint density at radius 3 is 1.96 bits per heavy atom. The maximum Gasteiger partial charge on any atom is 0.178 e. The van der Waals surface area contributed by atoms with Gasteiger partial charge in [-0.15, -0.1) is 10.2 Å². The zero-order valence-corrected chi connectivity index (χ0v) is 16.2. The Hall–Kier alpha value is -2.83. The molecule has 0 atom stereocenters. The summed E-state index contributed by atoms with van der Waals surface area (Å²) in [4.78, 5) is 4.25. The van der Waals surface area contributed by atoms with Gasteiger partial charge < -0.3 is 0 Å². The molecule has 0 unspecified atom stereocenters. The van der Waals surface area contributed by atoms with Gasteiger partial charge in [-0.25, -0.2) is 14.3 Å². The van der Waals surface area contributed by atoms with Crippen molar-refractivity contribution in [3.05, 3.63) is 42.6 Å². The summed E-state index contributed by atoms with van der Waals surface area (Å²) >= 11 is 0. The number of nitrogens with zero attached hydrogens (tertiary/aromatic N) is 7. The minimum absolute atomic E-state index is 0.00387. The zero-order valence-electron chi connectivity index (χ0n) is 16.2. The summed E-state index contributed by atoms with van der Waals surface area (Å²) in [5.74, 6) is 0. The van der Waals surface area contributed by atoms with E-state index >= 15 is 0 Å². The molecule has 136 valence electrons. The van der Waals surface area contributed by atoms with Gasteiger partial charge in [0, 0.05) is 6.20 Å². The maximum absolute atomic E-state index is 4.25. The normalized spacial score (nSPS) is 12.2. The molecule has 0 amide bonds. The van der Waals surface area contributed by atoms with Crippen molar-refractivity contribution in [1.82, 2.24) is 35.0 Å². The third-order valence-electron chi connectivity index (χ3n) is 3.83. The number of hydrogen-bond acceptors (Lipinski definition) is 5. The predicted molar refractivity (Wildman–Crippen MR) is 103 cm³/mol. The van der Waals surface area contributed by atoms with Crippen LogP contribution in [-0.4, -0.2) is 35.0 Å². The summed E-state index contributed by atoms with van der Waals surface area (Å²) < 4.78 is 3.78. The number of fused-ring (bicyclic) bond motifs is 2. The number of rotatable bonds is 0. The van der Waals surface area contributed by atoms with Gasteiger partial charge >= 0.3 is 0 Å². The van der Waals surface area contributed by atoms with Crippen molar-refractivity contribution in [1.29, 1.82) is 0 Å². The second-order valence-electron chi connectivity index (χ2n) is 8.18. The van der Waals surface area contributed by atoms with Gasteiger partial charge in [0.1, 0.15) is 11.0 Å². The number of pyridine rings is 1. The highest BCUT2D eigenvalue weighted by Gasteiger charge is 2.18. The summed E-state index contributed by atoms with van der Waals surface area (Å²) in [6.07, 6.45) is 1.76. The van der Waals surface area contributed by atoms with Crippen LogP contribution in [0.2, 0.25) is 0 Å². The molecule has 7 heteroatoms. The molecule has 4 aromatic rings. The first kappa shape index (κ1) is 18.0. The topological polar surface area (TPSA) is 74.3 Å². The monoisotopic (exact) mass is 351 g/mol. The zero-order chi connectivity index (χ0) is 18.9. The molecule has 3 aromatic heterocycles. The summed E-state index contributed by atoms with van der Waals surface area (Å²) in [5, 5.41) is 16.3. The second kappa shape index (κ2) is 6.48. The van der Waals surface area contributed by atoms with Crippen LogP contribution in [-0.2, 0) is 11.1 Å². The van der Waals surface area contributed by atoms with Crippen molar-refractivity contribution in [3.8, 4) is 0 Å². The van der Waals surface area contributed by atoms with Crippen molar-refractivity contribution in [2.75, 3.05) is 0 Å². The van der Waals surface area contributed by atoms with Gasteiger partial charge in [-0.05, 0) is 65.8 Å². The molecule has 0 radical (unpaired) electrons. The average Bonchev–Trinajstić information content (AvgIpc) is 3.19. The Balaban J connectivity index is 0.000000151. The highest BCUT2D eigenvalue weighted by molar-refractivity contribution is 5.74. The Kier molecular flexibility index (Phi) is 4.48. The van der Waals surface area contributed by atoms with Crippen molar-refractivity contribution in [2.45, 2.75) is 52.6 Å². The molecule has 0 aliphatic rings. The van der Waals surface area contributed by atoms with E-state index in [2.05, 4.69) is 67.2 Å². The van der Waals surface area contributed by atoms with E-state index < -0.39 is 0 Å². The lowest BCUT2D eigenvalue weighted by Crippen LogP contribution is -2.23. The van der Waals surface area contributed by atoms with Crippen LogP contribution >= 0.6 is 0 Å². The smallest absolute Gasteiger partial charge is 0.178 e. The Morgan fingerprint density at radius 2 is 1.27 bits per heavy atom. The lowest BCUT2D eigenvalue weighted by atomic mass is 10.1. The van der Waals surface area contributed by atoms with E-state index in [0.29, 0.717) is 0 Å². The van der Waals surface area contributed by atoms with E-state index in [1.54, 1.807) is 6.20 Å². The average molecular weight is 351 g/mol. The number of hydrogen-bond donors (Lipinski definition) is 0. The highest BCUT2D eigenvalue weighted by atomic mass is 15.5. The van der Waals surface area contributed by atoms with Gasteiger partial charge in [-0.2, -0.15) is 0 Å². The van der Waals surface area contributed by atoms with E-state index in [1.165, 1.54) is 0 Å². The molecule has 0 bridgehead atoms. The van der Waals surface area contributed by atoms with Crippen molar-refractivity contribution < 1.29 is 0 Å². The first-order valence-corrected chi connectivity index (χ1v) is 8.66. The van der Waals surface area contributed by atoms with Crippen LogP contribution in [0, 0.1) is 0 Å². The summed E-state index contributed by atoms with van der Waals surface area (Å²) in [6.45, 7) is 12.6. The van der Waals surface area contributed by atoms with E-state index in [-0.39, 0.29) is 11.1 Å².